The average molecular weight is 478 g/mol. The number of nitrogens with one attached hydrogen (secondary N) is 3. The molecule has 0 atom stereocenters. The number of fused-ring (bicyclic) bond motifs is 1. The van der Waals surface area contributed by atoms with Crippen molar-refractivity contribution in [3.63, 3.8) is 0 Å². The number of ether oxygens (including phenoxy) is 1. The summed E-state index contributed by atoms with van der Waals surface area (Å²) in [6.07, 6.45) is 3.26. The summed E-state index contributed by atoms with van der Waals surface area (Å²) in [6, 6.07) is 11.2. The maximum absolute atomic E-state index is 12.7. The molecule has 0 fully saturated rings. The molecule has 0 unspecified atom stereocenters. The van der Waals surface area contributed by atoms with Gasteiger partial charge in [0.2, 0.25) is 0 Å². The van der Waals surface area contributed by atoms with Crippen molar-refractivity contribution in [2.24, 2.45) is 5.41 Å². The predicted molar refractivity (Wildman–Crippen MR) is 133 cm³/mol. The van der Waals surface area contributed by atoms with Gasteiger partial charge >= 0.3 is 0 Å². The van der Waals surface area contributed by atoms with E-state index in [1.165, 1.54) is 11.3 Å². The van der Waals surface area contributed by atoms with Crippen LogP contribution < -0.4 is 15.4 Å². The van der Waals surface area contributed by atoms with E-state index in [1.54, 1.807) is 25.6 Å². The molecule has 4 rings (SSSR count). The first-order valence-electron chi connectivity index (χ1n) is 10.9. The molecule has 0 aliphatic rings. The first-order chi connectivity index (χ1) is 16.2. The first-order valence-corrected chi connectivity index (χ1v) is 11.7. The number of hydrogen-bond donors (Lipinski definition) is 3. The molecule has 0 aliphatic carbocycles. The summed E-state index contributed by atoms with van der Waals surface area (Å²) in [5.41, 5.74) is 2.95. The summed E-state index contributed by atoms with van der Waals surface area (Å²) in [6.45, 7) is 7.08. The van der Waals surface area contributed by atoms with Crippen LogP contribution in [0.15, 0.2) is 48.8 Å². The molecule has 3 N–H and O–H groups in total. The number of para-hydroxylation sites is 1. The van der Waals surface area contributed by atoms with E-state index < -0.39 is 0 Å². The molecule has 1 aromatic carbocycles. The summed E-state index contributed by atoms with van der Waals surface area (Å²) in [5.74, 6) is 0.349. The van der Waals surface area contributed by atoms with Gasteiger partial charge in [0.15, 0.2) is 5.65 Å². The number of rotatable bonds is 7. The Balaban J connectivity index is 1.50. The Kier molecular flexibility index (Phi) is 6.65. The van der Waals surface area contributed by atoms with E-state index >= 15 is 0 Å². The van der Waals surface area contributed by atoms with Crippen molar-refractivity contribution in [2.45, 2.75) is 27.3 Å². The minimum Gasteiger partial charge on any atom is -0.496 e. The molecular weight excluding hydrogens is 450 g/mol. The van der Waals surface area contributed by atoms with Gasteiger partial charge in [-0.25, -0.2) is 9.97 Å². The normalized spacial score (nSPS) is 11.4. The monoisotopic (exact) mass is 477 g/mol. The van der Waals surface area contributed by atoms with Crippen molar-refractivity contribution >= 4 is 34.3 Å². The lowest BCUT2D eigenvalue weighted by Gasteiger charge is -2.18. The lowest BCUT2D eigenvalue weighted by molar-refractivity contribution is 0.0937. The number of methoxy groups -OCH3 is 1. The van der Waals surface area contributed by atoms with Crippen LogP contribution in [0.5, 0.6) is 5.75 Å². The second-order valence-corrected chi connectivity index (χ2v) is 10.1. The Morgan fingerprint density at radius 3 is 2.65 bits per heavy atom. The largest absolute Gasteiger partial charge is 0.496 e. The predicted octanol–water partition coefficient (Wildman–Crippen LogP) is 4.40. The number of nitrogens with zero attached hydrogens (tertiary/aromatic N) is 2. The third kappa shape index (κ3) is 5.26. The molecule has 0 spiro atoms. The van der Waals surface area contributed by atoms with Crippen molar-refractivity contribution < 1.29 is 14.3 Å². The number of carbonyl (C=O) groups excluding carboxylic acids is 2. The van der Waals surface area contributed by atoms with Crippen LogP contribution in [-0.2, 0) is 6.54 Å². The Morgan fingerprint density at radius 1 is 1.09 bits per heavy atom. The van der Waals surface area contributed by atoms with Gasteiger partial charge in [-0.1, -0.05) is 39.0 Å². The molecule has 0 aliphatic heterocycles. The summed E-state index contributed by atoms with van der Waals surface area (Å²) < 4.78 is 5.34. The number of thiophene rings is 1. The molecule has 2 amide bonds. The van der Waals surface area contributed by atoms with E-state index in [0.29, 0.717) is 40.4 Å². The summed E-state index contributed by atoms with van der Waals surface area (Å²) >= 11 is 1.32. The number of amides is 2. The Labute approximate surface area is 201 Å². The van der Waals surface area contributed by atoms with E-state index in [1.807, 2.05) is 30.3 Å². The van der Waals surface area contributed by atoms with Gasteiger partial charge in [0, 0.05) is 24.8 Å². The number of benzene rings is 1. The Hall–Kier alpha value is -3.72. The summed E-state index contributed by atoms with van der Waals surface area (Å²) in [7, 11) is 1.61. The van der Waals surface area contributed by atoms with E-state index in [2.05, 4.69) is 46.4 Å². The summed E-state index contributed by atoms with van der Waals surface area (Å²) in [5, 5.41) is 5.87. The topological polar surface area (TPSA) is 109 Å². The minimum absolute atomic E-state index is 0.0296. The highest BCUT2D eigenvalue weighted by molar-refractivity contribution is 7.17. The smallest absolute Gasteiger partial charge is 0.261 e. The van der Waals surface area contributed by atoms with Crippen LogP contribution in [0.3, 0.4) is 0 Å². The number of aromatic amines is 1. The third-order valence-electron chi connectivity index (χ3n) is 5.12. The number of H-pyrrole nitrogens is 1. The highest BCUT2D eigenvalue weighted by atomic mass is 32.1. The van der Waals surface area contributed by atoms with Crippen molar-refractivity contribution in [1.82, 2.24) is 25.6 Å². The molecule has 176 valence electrons. The zero-order chi connectivity index (χ0) is 24.3. The van der Waals surface area contributed by atoms with Gasteiger partial charge in [-0.15, -0.1) is 11.3 Å². The quantitative estimate of drug-likeness (QED) is 0.366. The maximum Gasteiger partial charge on any atom is 0.261 e. The zero-order valence-electron chi connectivity index (χ0n) is 19.6. The minimum atomic E-state index is -0.199. The van der Waals surface area contributed by atoms with Crippen LogP contribution in [0.1, 0.15) is 46.4 Å². The van der Waals surface area contributed by atoms with Gasteiger partial charge in [0.25, 0.3) is 11.8 Å². The van der Waals surface area contributed by atoms with Gasteiger partial charge in [-0.2, -0.15) is 0 Å². The fraction of sp³-hybridized carbons (Fsp3) is 0.280. The number of hydrogen-bond acceptors (Lipinski definition) is 6. The van der Waals surface area contributed by atoms with Crippen LogP contribution in [0.4, 0.5) is 0 Å². The van der Waals surface area contributed by atoms with Crippen LogP contribution >= 0.6 is 11.3 Å². The van der Waals surface area contributed by atoms with Crippen LogP contribution in [-0.4, -0.2) is 40.4 Å². The fourth-order valence-electron chi connectivity index (χ4n) is 3.33. The SMILES string of the molecule is COc1ccccc1CNC(=O)c1ccc(-c2cnc3[nH]cc(C(=O)NCC(C)(C)C)c3n2)s1. The maximum atomic E-state index is 12.7. The van der Waals surface area contributed by atoms with Crippen LogP contribution in [0.25, 0.3) is 21.7 Å². The van der Waals surface area contributed by atoms with E-state index in [-0.39, 0.29) is 17.2 Å². The Bertz CT molecular complexity index is 1340. The molecule has 34 heavy (non-hydrogen) atoms. The van der Waals surface area contributed by atoms with Crippen LogP contribution in [0.2, 0.25) is 0 Å². The lowest BCUT2D eigenvalue weighted by Crippen LogP contribution is -2.32. The highest BCUT2D eigenvalue weighted by Gasteiger charge is 2.19. The molecule has 0 bridgehead atoms. The van der Waals surface area contributed by atoms with Gasteiger partial charge in [-0.3, -0.25) is 9.59 Å². The molecule has 4 aromatic rings. The highest BCUT2D eigenvalue weighted by Crippen LogP contribution is 2.28. The molecule has 3 aromatic heterocycles. The zero-order valence-corrected chi connectivity index (χ0v) is 20.4. The molecule has 0 saturated carbocycles. The Morgan fingerprint density at radius 2 is 1.88 bits per heavy atom. The molecule has 8 nitrogen and oxygen atoms in total. The van der Waals surface area contributed by atoms with Crippen molar-refractivity contribution in [3.05, 3.63) is 64.8 Å². The van der Waals surface area contributed by atoms with Crippen LogP contribution in [0, 0.1) is 5.41 Å². The van der Waals surface area contributed by atoms with Gasteiger partial charge < -0.3 is 20.4 Å². The first kappa shape index (κ1) is 23.4. The number of carbonyl (C=O) groups is 2. The molecule has 3 heterocycles. The third-order valence-corrected chi connectivity index (χ3v) is 6.23. The lowest BCUT2D eigenvalue weighted by atomic mass is 9.97. The summed E-state index contributed by atoms with van der Waals surface area (Å²) in [4.78, 5) is 38.8. The standard InChI is InChI=1S/C25H27N5O3S/c1-25(2,3)14-29-23(31)16-12-26-22-21(16)30-17(13-27-22)19-9-10-20(34-19)24(32)28-11-15-7-5-6-8-18(15)33-4/h5-10,12-13H,11,14H2,1-4H3,(H,26,27)(H,28,32)(H,29,31). The molecule has 0 radical (unpaired) electrons. The average Bonchev–Trinajstić information content (AvgIpc) is 3.48. The molecular formula is C25H27N5O3S. The second-order valence-electron chi connectivity index (χ2n) is 9.06. The van der Waals surface area contributed by atoms with Gasteiger partial charge in [-0.05, 0) is 23.6 Å². The van der Waals surface area contributed by atoms with E-state index in [9.17, 15) is 9.59 Å². The van der Waals surface area contributed by atoms with Crippen molar-refractivity contribution in [3.8, 4) is 16.3 Å². The van der Waals surface area contributed by atoms with Crippen molar-refractivity contribution in [2.75, 3.05) is 13.7 Å². The van der Waals surface area contributed by atoms with Gasteiger partial charge in [0.1, 0.15) is 11.3 Å². The second kappa shape index (κ2) is 9.64. The van der Waals surface area contributed by atoms with Gasteiger partial charge in [0.05, 0.1) is 34.3 Å². The van der Waals surface area contributed by atoms with Crippen molar-refractivity contribution in [1.29, 1.82) is 0 Å². The molecule has 9 heteroatoms. The fourth-order valence-corrected chi connectivity index (χ4v) is 4.21. The number of aromatic nitrogens is 3. The molecule has 0 saturated heterocycles. The van der Waals surface area contributed by atoms with E-state index in [4.69, 9.17) is 4.74 Å². The van der Waals surface area contributed by atoms with E-state index in [0.717, 1.165) is 16.2 Å².